The Bertz CT molecular complexity index is 626. The van der Waals surface area contributed by atoms with E-state index in [0.29, 0.717) is 18.9 Å². The van der Waals surface area contributed by atoms with E-state index in [0.717, 1.165) is 24.7 Å². The van der Waals surface area contributed by atoms with Crippen molar-refractivity contribution >= 4 is 12.4 Å². The maximum atomic E-state index is 12.1. The molecular weight excluding hydrogens is 308 g/mol. The summed E-state index contributed by atoms with van der Waals surface area (Å²) < 4.78 is 11.2. The van der Waals surface area contributed by atoms with Gasteiger partial charge in [-0.05, 0) is 51.2 Å². The zero-order valence-corrected chi connectivity index (χ0v) is 14.4. The number of nitrogens with zero attached hydrogens (tertiary/aromatic N) is 2. The average Bonchev–Trinajstić information content (AvgIpc) is 3.24. The van der Waals surface area contributed by atoms with Gasteiger partial charge in [-0.1, -0.05) is 0 Å². The van der Waals surface area contributed by atoms with Crippen LogP contribution in [-0.4, -0.2) is 47.1 Å². The van der Waals surface area contributed by atoms with Crippen molar-refractivity contribution in [2.75, 3.05) is 13.2 Å². The Hall–Kier alpha value is -2.11. The van der Waals surface area contributed by atoms with Gasteiger partial charge in [0.2, 0.25) is 0 Å². The summed E-state index contributed by atoms with van der Waals surface area (Å²) in [5, 5.41) is 0. The molecule has 2 aliphatic rings. The SMILES string of the molecule is CC(C)(C)OC(=O)N1CC[C@H]1COc1cncc(C2C[C@@H]2C=O)c1. The van der Waals surface area contributed by atoms with Crippen LogP contribution in [0.3, 0.4) is 0 Å². The summed E-state index contributed by atoms with van der Waals surface area (Å²) in [5.41, 5.74) is 0.553. The largest absolute Gasteiger partial charge is 0.490 e. The van der Waals surface area contributed by atoms with E-state index in [1.807, 2.05) is 26.8 Å². The van der Waals surface area contributed by atoms with Crippen molar-refractivity contribution in [3.05, 3.63) is 24.0 Å². The number of hydrogen-bond donors (Lipinski definition) is 0. The molecule has 6 heteroatoms. The standard InChI is InChI=1S/C18H24N2O4/c1-18(2,3)24-17(22)20-5-4-14(20)11-23-15-6-12(8-19-9-15)16-7-13(16)10-21/h6,8-10,13-14,16H,4-5,7,11H2,1-3H3/t13-,14+,16?/m1/s1. The zero-order valence-electron chi connectivity index (χ0n) is 14.4. The molecule has 1 saturated heterocycles. The molecule has 2 fully saturated rings. The van der Waals surface area contributed by atoms with Crippen LogP contribution in [0.25, 0.3) is 0 Å². The first kappa shape index (κ1) is 16.7. The summed E-state index contributed by atoms with van der Waals surface area (Å²) in [5.74, 6) is 1.08. The van der Waals surface area contributed by atoms with Crippen LogP contribution in [0.4, 0.5) is 4.79 Å². The molecule has 0 radical (unpaired) electrons. The van der Waals surface area contributed by atoms with E-state index in [-0.39, 0.29) is 24.0 Å². The second-order valence-electron chi connectivity index (χ2n) is 7.52. The predicted molar refractivity (Wildman–Crippen MR) is 88.0 cm³/mol. The normalized spacial score (nSPS) is 25.6. The average molecular weight is 332 g/mol. The molecule has 3 rings (SSSR count). The van der Waals surface area contributed by atoms with Crippen molar-refractivity contribution in [2.24, 2.45) is 5.92 Å². The number of carbonyl (C=O) groups is 2. The van der Waals surface area contributed by atoms with Crippen LogP contribution < -0.4 is 4.74 Å². The summed E-state index contributed by atoms with van der Waals surface area (Å²) in [4.78, 5) is 28.8. The molecule has 0 spiro atoms. The van der Waals surface area contributed by atoms with Gasteiger partial charge in [0.15, 0.2) is 0 Å². The molecule has 24 heavy (non-hydrogen) atoms. The highest BCUT2D eigenvalue weighted by Gasteiger charge is 2.39. The molecule has 1 unspecified atom stereocenters. The van der Waals surface area contributed by atoms with Crippen molar-refractivity contribution in [1.82, 2.24) is 9.88 Å². The van der Waals surface area contributed by atoms with Gasteiger partial charge in [-0.2, -0.15) is 0 Å². The van der Waals surface area contributed by atoms with E-state index in [9.17, 15) is 9.59 Å². The maximum Gasteiger partial charge on any atom is 0.410 e. The minimum atomic E-state index is -0.490. The molecule has 1 aromatic heterocycles. The fourth-order valence-electron chi connectivity index (χ4n) is 2.83. The number of amides is 1. The van der Waals surface area contributed by atoms with Crippen molar-refractivity contribution in [3.8, 4) is 5.75 Å². The van der Waals surface area contributed by atoms with Gasteiger partial charge in [-0.3, -0.25) is 4.98 Å². The third-order valence-corrected chi connectivity index (χ3v) is 4.39. The zero-order chi connectivity index (χ0) is 17.3. The number of ether oxygens (including phenoxy) is 2. The first-order chi connectivity index (χ1) is 11.4. The molecule has 6 nitrogen and oxygen atoms in total. The van der Waals surface area contributed by atoms with Gasteiger partial charge in [0.1, 0.15) is 24.2 Å². The van der Waals surface area contributed by atoms with Crippen LogP contribution >= 0.6 is 0 Å². The van der Waals surface area contributed by atoms with E-state index in [1.54, 1.807) is 17.3 Å². The van der Waals surface area contributed by atoms with E-state index < -0.39 is 5.60 Å². The Morgan fingerprint density at radius 2 is 2.21 bits per heavy atom. The molecule has 0 N–H and O–H groups in total. The third kappa shape index (κ3) is 3.86. The quantitative estimate of drug-likeness (QED) is 0.776. The van der Waals surface area contributed by atoms with Crippen LogP contribution in [0, 0.1) is 5.92 Å². The van der Waals surface area contributed by atoms with Gasteiger partial charge in [-0.15, -0.1) is 0 Å². The number of aldehydes is 1. The Morgan fingerprint density at radius 3 is 2.79 bits per heavy atom. The highest BCUT2D eigenvalue weighted by molar-refractivity contribution is 5.69. The van der Waals surface area contributed by atoms with Crippen molar-refractivity contribution in [2.45, 2.75) is 51.2 Å². The topological polar surface area (TPSA) is 68.7 Å². The molecule has 0 aromatic carbocycles. The van der Waals surface area contributed by atoms with Crippen LogP contribution in [0.1, 0.15) is 45.1 Å². The number of carbonyl (C=O) groups excluding carboxylic acids is 2. The monoisotopic (exact) mass is 332 g/mol. The van der Waals surface area contributed by atoms with E-state index in [1.165, 1.54) is 0 Å². The lowest BCUT2D eigenvalue weighted by Gasteiger charge is -2.40. The highest BCUT2D eigenvalue weighted by atomic mass is 16.6. The number of rotatable bonds is 5. The maximum absolute atomic E-state index is 12.1. The first-order valence-corrected chi connectivity index (χ1v) is 8.40. The number of pyridine rings is 1. The van der Waals surface area contributed by atoms with Crippen LogP contribution in [-0.2, 0) is 9.53 Å². The van der Waals surface area contributed by atoms with Crippen molar-refractivity contribution in [3.63, 3.8) is 0 Å². The molecule has 1 amide bonds. The lowest BCUT2D eigenvalue weighted by atomic mass is 10.1. The number of likely N-dealkylation sites (tertiary alicyclic amines) is 1. The molecule has 2 heterocycles. The van der Waals surface area contributed by atoms with Gasteiger partial charge in [0.05, 0.1) is 12.2 Å². The third-order valence-electron chi connectivity index (χ3n) is 4.39. The highest BCUT2D eigenvalue weighted by Crippen LogP contribution is 2.46. The summed E-state index contributed by atoms with van der Waals surface area (Å²) >= 11 is 0. The van der Waals surface area contributed by atoms with Gasteiger partial charge in [0.25, 0.3) is 0 Å². The predicted octanol–water partition coefficient (Wildman–Crippen LogP) is 2.77. The minimum Gasteiger partial charge on any atom is -0.490 e. The molecule has 1 saturated carbocycles. The Labute approximate surface area is 142 Å². The second-order valence-corrected chi connectivity index (χ2v) is 7.52. The van der Waals surface area contributed by atoms with Crippen molar-refractivity contribution in [1.29, 1.82) is 0 Å². The van der Waals surface area contributed by atoms with E-state index in [4.69, 9.17) is 9.47 Å². The molecule has 1 aliphatic heterocycles. The molecule has 1 aromatic rings. The number of aromatic nitrogens is 1. The van der Waals surface area contributed by atoms with E-state index >= 15 is 0 Å². The lowest BCUT2D eigenvalue weighted by Crippen LogP contribution is -2.55. The number of hydrogen-bond acceptors (Lipinski definition) is 5. The Balaban J connectivity index is 1.52. The van der Waals surface area contributed by atoms with Crippen molar-refractivity contribution < 1.29 is 19.1 Å². The fraction of sp³-hybridized carbons (Fsp3) is 0.611. The summed E-state index contributed by atoms with van der Waals surface area (Å²) in [6.07, 6.45) is 5.97. The van der Waals surface area contributed by atoms with Gasteiger partial charge in [0, 0.05) is 18.7 Å². The smallest absolute Gasteiger partial charge is 0.410 e. The molecule has 3 atom stereocenters. The molecule has 1 aliphatic carbocycles. The second kappa shape index (κ2) is 6.42. The Morgan fingerprint density at radius 1 is 1.42 bits per heavy atom. The van der Waals surface area contributed by atoms with Crippen LogP contribution in [0.15, 0.2) is 18.5 Å². The minimum absolute atomic E-state index is 0.0344. The first-order valence-electron chi connectivity index (χ1n) is 8.40. The lowest BCUT2D eigenvalue weighted by molar-refractivity contribution is -0.108. The van der Waals surface area contributed by atoms with Gasteiger partial charge >= 0.3 is 6.09 Å². The molecular formula is C18H24N2O4. The van der Waals surface area contributed by atoms with Crippen LogP contribution in [0.2, 0.25) is 0 Å². The van der Waals surface area contributed by atoms with Gasteiger partial charge < -0.3 is 19.2 Å². The van der Waals surface area contributed by atoms with E-state index in [2.05, 4.69) is 4.98 Å². The summed E-state index contributed by atoms with van der Waals surface area (Å²) in [7, 11) is 0. The molecule has 0 bridgehead atoms. The van der Waals surface area contributed by atoms with Crippen LogP contribution in [0.5, 0.6) is 5.75 Å². The molecule has 130 valence electrons. The Kier molecular flexibility index (Phi) is 4.47. The fourth-order valence-corrected chi connectivity index (χ4v) is 2.83. The van der Waals surface area contributed by atoms with Gasteiger partial charge in [-0.25, -0.2) is 4.79 Å². The summed E-state index contributed by atoms with van der Waals surface area (Å²) in [6, 6.07) is 1.98. The summed E-state index contributed by atoms with van der Waals surface area (Å²) in [6.45, 7) is 6.70.